The molecule has 6 nitrogen and oxygen atoms in total. The molecular formula is C22H31ClN4O2. The van der Waals surface area contributed by atoms with Gasteiger partial charge < -0.3 is 14.7 Å². The Kier molecular flexibility index (Phi) is 7.84. The van der Waals surface area contributed by atoms with Gasteiger partial charge in [0.15, 0.2) is 0 Å². The number of piperazine rings is 1. The summed E-state index contributed by atoms with van der Waals surface area (Å²) in [5, 5.41) is 11.0. The number of aryl methyl sites for hydroxylation is 1. The Balaban J connectivity index is 1.42. The van der Waals surface area contributed by atoms with E-state index in [9.17, 15) is 5.11 Å². The van der Waals surface area contributed by atoms with Crippen LogP contribution in [0.3, 0.4) is 0 Å². The number of anilines is 1. The number of rotatable bonds is 8. The van der Waals surface area contributed by atoms with Crippen molar-refractivity contribution in [1.82, 2.24) is 14.9 Å². The largest absolute Gasteiger partial charge is 0.389 e. The summed E-state index contributed by atoms with van der Waals surface area (Å²) in [6, 6.07) is 9.63. The zero-order valence-electron chi connectivity index (χ0n) is 17.5. The minimum absolute atomic E-state index is 0.318. The lowest BCUT2D eigenvalue weighted by Gasteiger charge is -2.36. The van der Waals surface area contributed by atoms with Crippen molar-refractivity contribution in [3.63, 3.8) is 0 Å². The van der Waals surface area contributed by atoms with Crippen molar-refractivity contribution in [2.45, 2.75) is 39.4 Å². The Morgan fingerprint density at radius 1 is 1.10 bits per heavy atom. The van der Waals surface area contributed by atoms with Gasteiger partial charge in [-0.3, -0.25) is 4.90 Å². The Morgan fingerprint density at radius 3 is 2.45 bits per heavy atom. The molecule has 1 aliphatic rings. The zero-order chi connectivity index (χ0) is 20.8. The van der Waals surface area contributed by atoms with E-state index in [4.69, 9.17) is 21.3 Å². The second kappa shape index (κ2) is 10.3. The first-order chi connectivity index (χ1) is 13.9. The maximum atomic E-state index is 10.3. The normalized spacial score (nSPS) is 16.4. The van der Waals surface area contributed by atoms with Crippen molar-refractivity contribution in [3.05, 3.63) is 52.4 Å². The highest BCUT2D eigenvalue weighted by atomic mass is 35.5. The molecule has 0 aliphatic carbocycles. The topological polar surface area (TPSA) is 61.7 Å². The summed E-state index contributed by atoms with van der Waals surface area (Å²) in [5.74, 6) is 2.22. The van der Waals surface area contributed by atoms with Gasteiger partial charge in [-0.05, 0) is 24.6 Å². The van der Waals surface area contributed by atoms with Crippen molar-refractivity contribution >= 4 is 17.4 Å². The van der Waals surface area contributed by atoms with Gasteiger partial charge in [0.05, 0.1) is 19.3 Å². The third-order valence-corrected chi connectivity index (χ3v) is 5.28. The first-order valence-electron chi connectivity index (χ1n) is 10.2. The molecule has 1 unspecified atom stereocenters. The van der Waals surface area contributed by atoms with Gasteiger partial charge in [-0.2, -0.15) is 0 Å². The van der Waals surface area contributed by atoms with E-state index < -0.39 is 6.10 Å². The fourth-order valence-corrected chi connectivity index (χ4v) is 3.52. The smallest absolute Gasteiger partial charge is 0.133 e. The predicted octanol–water partition coefficient (Wildman–Crippen LogP) is 3.26. The van der Waals surface area contributed by atoms with Gasteiger partial charge in [0.2, 0.25) is 0 Å². The van der Waals surface area contributed by atoms with Crippen molar-refractivity contribution in [2.24, 2.45) is 0 Å². The van der Waals surface area contributed by atoms with E-state index in [2.05, 4.69) is 34.7 Å². The molecule has 1 aliphatic heterocycles. The summed E-state index contributed by atoms with van der Waals surface area (Å²) in [4.78, 5) is 13.9. The molecular weight excluding hydrogens is 388 g/mol. The minimum atomic E-state index is -0.498. The van der Waals surface area contributed by atoms with E-state index in [1.165, 1.54) is 0 Å². The molecule has 1 aromatic carbocycles. The van der Waals surface area contributed by atoms with Crippen LogP contribution in [0.5, 0.6) is 0 Å². The maximum Gasteiger partial charge on any atom is 0.133 e. The molecule has 1 aromatic heterocycles. The van der Waals surface area contributed by atoms with Crippen LogP contribution in [0.1, 0.15) is 36.8 Å². The lowest BCUT2D eigenvalue weighted by Crippen LogP contribution is -2.49. The second-order valence-corrected chi connectivity index (χ2v) is 8.40. The molecule has 2 heterocycles. The average molecular weight is 419 g/mol. The van der Waals surface area contributed by atoms with Gasteiger partial charge in [-0.15, -0.1) is 0 Å². The number of hydrogen-bond donors (Lipinski definition) is 1. The van der Waals surface area contributed by atoms with Gasteiger partial charge in [0.1, 0.15) is 11.6 Å². The van der Waals surface area contributed by atoms with Gasteiger partial charge >= 0.3 is 0 Å². The fourth-order valence-electron chi connectivity index (χ4n) is 3.40. The molecule has 0 radical (unpaired) electrons. The quantitative estimate of drug-likeness (QED) is 0.710. The van der Waals surface area contributed by atoms with Gasteiger partial charge in [-0.1, -0.05) is 37.6 Å². The first-order valence-corrected chi connectivity index (χ1v) is 10.6. The standard InChI is InChI=1S/C22H31ClN4O2/c1-16(2)22-24-17(3)12-21(25-22)27-10-8-26(9-11-27)13-20(28)15-29-14-18-4-6-19(23)7-5-18/h4-7,12,16,20,28H,8-11,13-15H2,1-3H3. The molecule has 0 amide bonds. The van der Waals surface area contributed by atoms with Gasteiger partial charge in [0.25, 0.3) is 0 Å². The molecule has 0 saturated carbocycles. The summed E-state index contributed by atoms with van der Waals surface area (Å²) >= 11 is 5.89. The summed E-state index contributed by atoms with van der Waals surface area (Å²) in [6.45, 7) is 11.3. The van der Waals surface area contributed by atoms with E-state index in [0.717, 1.165) is 49.1 Å². The molecule has 2 aromatic rings. The number of hydrogen-bond acceptors (Lipinski definition) is 6. The third kappa shape index (κ3) is 6.64. The predicted molar refractivity (Wildman–Crippen MR) is 117 cm³/mol. The van der Waals surface area contributed by atoms with E-state index in [1.807, 2.05) is 31.2 Å². The number of halogens is 1. The number of aliphatic hydroxyl groups excluding tert-OH is 1. The Hall–Kier alpha value is -1.73. The van der Waals surface area contributed by atoms with Crippen LogP contribution in [0, 0.1) is 6.92 Å². The molecule has 1 fully saturated rings. The van der Waals surface area contributed by atoms with Crippen LogP contribution in [-0.4, -0.2) is 65.4 Å². The fraction of sp³-hybridized carbons (Fsp3) is 0.545. The van der Waals surface area contributed by atoms with Crippen LogP contribution in [0.25, 0.3) is 0 Å². The van der Waals surface area contributed by atoms with Gasteiger partial charge in [0, 0.05) is 55.4 Å². The van der Waals surface area contributed by atoms with Crippen LogP contribution < -0.4 is 4.90 Å². The highest BCUT2D eigenvalue weighted by Crippen LogP contribution is 2.19. The summed E-state index contributed by atoms with van der Waals surface area (Å²) in [7, 11) is 0. The number of nitrogens with zero attached hydrogens (tertiary/aromatic N) is 4. The third-order valence-electron chi connectivity index (χ3n) is 5.03. The summed E-state index contributed by atoms with van der Waals surface area (Å²) in [6.07, 6.45) is -0.498. The molecule has 7 heteroatoms. The molecule has 158 valence electrons. The van der Waals surface area contributed by atoms with Crippen molar-refractivity contribution < 1.29 is 9.84 Å². The Bertz CT molecular complexity index is 777. The van der Waals surface area contributed by atoms with E-state index in [1.54, 1.807) is 0 Å². The molecule has 0 spiro atoms. The molecule has 1 saturated heterocycles. The number of aliphatic hydroxyl groups is 1. The van der Waals surface area contributed by atoms with Crippen LogP contribution in [-0.2, 0) is 11.3 Å². The van der Waals surface area contributed by atoms with Crippen molar-refractivity contribution in [2.75, 3.05) is 44.2 Å². The summed E-state index contributed by atoms with van der Waals surface area (Å²) < 4.78 is 5.65. The Labute approximate surface area is 178 Å². The lowest BCUT2D eigenvalue weighted by atomic mass is 10.2. The minimum Gasteiger partial charge on any atom is -0.389 e. The van der Waals surface area contributed by atoms with Crippen molar-refractivity contribution in [1.29, 1.82) is 0 Å². The molecule has 3 rings (SSSR count). The molecule has 1 atom stereocenters. The van der Waals surface area contributed by atoms with Crippen molar-refractivity contribution in [3.8, 4) is 0 Å². The molecule has 1 N–H and O–H groups in total. The van der Waals surface area contributed by atoms with Crippen LogP contribution in [0.4, 0.5) is 5.82 Å². The van der Waals surface area contributed by atoms with Crippen LogP contribution >= 0.6 is 11.6 Å². The molecule has 0 bridgehead atoms. The number of β-amino-alcohol motifs (C(OH)–C–C–N with tert-alkyl or cyclic N) is 1. The van der Waals surface area contributed by atoms with Gasteiger partial charge in [-0.25, -0.2) is 9.97 Å². The van der Waals surface area contributed by atoms with Crippen LogP contribution in [0.2, 0.25) is 5.02 Å². The maximum absolute atomic E-state index is 10.3. The lowest BCUT2D eigenvalue weighted by molar-refractivity contribution is 0.00912. The molecule has 29 heavy (non-hydrogen) atoms. The highest BCUT2D eigenvalue weighted by molar-refractivity contribution is 6.30. The SMILES string of the molecule is Cc1cc(N2CCN(CC(O)COCc3ccc(Cl)cc3)CC2)nc(C(C)C)n1. The average Bonchev–Trinajstić information content (AvgIpc) is 2.69. The Morgan fingerprint density at radius 2 is 1.79 bits per heavy atom. The monoisotopic (exact) mass is 418 g/mol. The second-order valence-electron chi connectivity index (χ2n) is 7.96. The van der Waals surface area contributed by atoms with Crippen LogP contribution in [0.15, 0.2) is 30.3 Å². The van der Waals surface area contributed by atoms with E-state index in [0.29, 0.717) is 30.7 Å². The van der Waals surface area contributed by atoms with E-state index in [-0.39, 0.29) is 0 Å². The summed E-state index contributed by atoms with van der Waals surface area (Å²) in [5.41, 5.74) is 2.06. The highest BCUT2D eigenvalue weighted by Gasteiger charge is 2.21. The number of benzene rings is 1. The number of aromatic nitrogens is 2. The number of ether oxygens (including phenoxy) is 1. The zero-order valence-corrected chi connectivity index (χ0v) is 18.3. The first kappa shape index (κ1) is 22.0. The van der Waals surface area contributed by atoms with E-state index >= 15 is 0 Å².